The zero-order chi connectivity index (χ0) is 42.5. The van der Waals surface area contributed by atoms with E-state index in [4.69, 9.17) is 0 Å². The molecule has 0 heterocycles. The van der Waals surface area contributed by atoms with Crippen LogP contribution in [0, 0.1) is 0 Å². The molecule has 6 aromatic rings. The van der Waals surface area contributed by atoms with Crippen molar-refractivity contribution in [3.8, 4) is 0 Å². The number of aryl methyl sites for hydroxylation is 2. The average Bonchev–Trinajstić information content (AvgIpc) is 3.20. The van der Waals surface area contributed by atoms with Crippen LogP contribution < -0.4 is 0 Å². The van der Waals surface area contributed by atoms with Crippen LogP contribution in [0.1, 0.15) is 164 Å². The van der Waals surface area contributed by atoms with Crippen LogP contribution in [0.3, 0.4) is 0 Å². The Morgan fingerprint density at radius 3 is 1.12 bits per heavy atom. The minimum Gasteiger partial charge on any atom is -0.381 e. The van der Waals surface area contributed by atoms with E-state index in [9.17, 15) is 10.2 Å². The molecule has 0 aromatic heterocycles. The molecule has 2 nitrogen and oxygen atoms in total. The van der Waals surface area contributed by atoms with Gasteiger partial charge in [0.05, 0.1) is 0 Å². The Bertz CT molecular complexity index is 2440. The number of rotatable bonds is 8. The average molecular weight is 803 g/mol. The summed E-state index contributed by atoms with van der Waals surface area (Å²) >= 11 is 1.86. The Hall–Kier alpha value is -3.89. The molecule has 8 rings (SSSR count). The van der Waals surface area contributed by atoms with Gasteiger partial charge in [0, 0.05) is 9.79 Å². The quantitative estimate of drug-likeness (QED) is 0.161. The summed E-state index contributed by atoms with van der Waals surface area (Å²) in [6.07, 6.45) is 6.46. The molecule has 2 aliphatic rings. The summed E-state index contributed by atoms with van der Waals surface area (Å²) in [5.74, 6) is 0. The highest BCUT2D eigenvalue weighted by atomic mass is 32.2. The Labute approximate surface area is 358 Å². The van der Waals surface area contributed by atoms with Gasteiger partial charge in [-0.25, -0.2) is 0 Å². The van der Waals surface area contributed by atoms with Crippen LogP contribution in [-0.2, 0) is 45.7 Å². The van der Waals surface area contributed by atoms with Crippen LogP contribution >= 0.6 is 11.8 Å². The second-order valence-corrected chi connectivity index (χ2v) is 22.0. The zero-order valence-corrected chi connectivity index (χ0v) is 38.6. The molecular formula is C56H66O2S. The van der Waals surface area contributed by atoms with E-state index in [2.05, 4.69) is 166 Å². The molecule has 308 valence electrons. The number of hydrogen-bond donors (Lipinski definition) is 2. The van der Waals surface area contributed by atoms with Gasteiger partial charge in [-0.2, -0.15) is 0 Å². The third kappa shape index (κ3) is 7.08. The van der Waals surface area contributed by atoms with Crippen molar-refractivity contribution < 1.29 is 10.2 Å². The predicted octanol–water partition coefficient (Wildman–Crippen LogP) is 14.5. The van der Waals surface area contributed by atoms with E-state index in [0.29, 0.717) is 0 Å². The molecule has 2 atom stereocenters. The summed E-state index contributed by atoms with van der Waals surface area (Å²) in [5.41, 5.74) is 10.2. The highest BCUT2D eigenvalue weighted by molar-refractivity contribution is 7.99. The lowest BCUT2D eigenvalue weighted by Gasteiger charge is -2.42. The first-order valence-electron chi connectivity index (χ1n) is 22.2. The van der Waals surface area contributed by atoms with Crippen LogP contribution in [0.15, 0.2) is 107 Å². The van der Waals surface area contributed by atoms with Gasteiger partial charge in [0.25, 0.3) is 0 Å². The maximum absolute atomic E-state index is 12.2. The summed E-state index contributed by atoms with van der Waals surface area (Å²) < 4.78 is 0. The van der Waals surface area contributed by atoms with Crippen molar-refractivity contribution in [1.82, 2.24) is 0 Å². The molecular weight excluding hydrogens is 737 g/mol. The molecule has 0 bridgehead atoms. The van der Waals surface area contributed by atoms with E-state index >= 15 is 0 Å². The fraction of sp³-hybridized carbons (Fsp3) is 0.429. The highest BCUT2D eigenvalue weighted by Crippen LogP contribution is 2.49. The summed E-state index contributed by atoms with van der Waals surface area (Å²) in [6, 6.07) is 35.6. The van der Waals surface area contributed by atoms with Crippen LogP contribution in [0.25, 0.3) is 21.5 Å². The van der Waals surface area contributed by atoms with E-state index in [1.165, 1.54) is 66.8 Å². The fourth-order valence-corrected chi connectivity index (χ4v) is 11.8. The highest BCUT2D eigenvalue weighted by Gasteiger charge is 2.40. The molecule has 2 unspecified atom stereocenters. The lowest BCUT2D eigenvalue weighted by atomic mass is 9.62. The van der Waals surface area contributed by atoms with Crippen molar-refractivity contribution in [2.24, 2.45) is 0 Å². The molecule has 0 spiro atoms. The molecule has 0 amide bonds. The Balaban J connectivity index is 1.10. The van der Waals surface area contributed by atoms with Crippen molar-refractivity contribution in [2.45, 2.75) is 164 Å². The normalized spacial score (nSPS) is 19.8. The molecule has 0 fully saturated rings. The van der Waals surface area contributed by atoms with Crippen molar-refractivity contribution in [1.29, 1.82) is 0 Å². The molecule has 0 saturated heterocycles. The summed E-state index contributed by atoms with van der Waals surface area (Å²) in [4.78, 5) is 2.54. The first-order valence-corrected chi connectivity index (χ1v) is 23.0. The summed E-state index contributed by atoms with van der Waals surface area (Å²) in [5, 5.41) is 29.2. The topological polar surface area (TPSA) is 40.5 Å². The molecule has 2 aliphatic carbocycles. The van der Waals surface area contributed by atoms with E-state index < -0.39 is 11.2 Å². The maximum atomic E-state index is 12.2. The molecule has 0 aliphatic heterocycles. The summed E-state index contributed by atoms with van der Waals surface area (Å²) in [7, 11) is 0. The van der Waals surface area contributed by atoms with Gasteiger partial charge in [-0.15, -0.1) is 0 Å². The minimum absolute atomic E-state index is 0.0781. The van der Waals surface area contributed by atoms with Crippen LogP contribution in [0.5, 0.6) is 0 Å². The molecule has 0 radical (unpaired) electrons. The zero-order valence-electron chi connectivity index (χ0n) is 37.8. The van der Waals surface area contributed by atoms with Gasteiger partial charge in [0.15, 0.2) is 0 Å². The molecule has 3 heteroatoms. The van der Waals surface area contributed by atoms with Gasteiger partial charge in [-0.1, -0.05) is 154 Å². The monoisotopic (exact) mass is 802 g/mol. The van der Waals surface area contributed by atoms with E-state index in [0.717, 1.165) is 58.7 Å². The first-order chi connectivity index (χ1) is 27.6. The summed E-state index contributed by atoms with van der Waals surface area (Å²) in [6.45, 7) is 27.2. The minimum atomic E-state index is -1.12. The van der Waals surface area contributed by atoms with E-state index in [1.54, 1.807) is 0 Å². The largest absolute Gasteiger partial charge is 0.381 e. The van der Waals surface area contributed by atoms with E-state index in [1.807, 2.05) is 25.6 Å². The lowest BCUT2D eigenvalue weighted by Crippen LogP contribution is -2.34. The van der Waals surface area contributed by atoms with Crippen LogP contribution in [0.2, 0.25) is 0 Å². The van der Waals surface area contributed by atoms with Crippen molar-refractivity contribution >= 4 is 33.3 Å². The van der Waals surface area contributed by atoms with Crippen molar-refractivity contribution in [3.05, 3.63) is 153 Å². The smallest absolute Gasteiger partial charge is 0.112 e. The van der Waals surface area contributed by atoms with E-state index in [-0.39, 0.29) is 21.7 Å². The van der Waals surface area contributed by atoms with Gasteiger partial charge in [0.2, 0.25) is 0 Å². The first kappa shape index (κ1) is 41.8. The second-order valence-electron chi connectivity index (χ2n) is 21.0. The SMILES string of the molecule is CCc1c(Sc2ccc3cc(C(C)(O)c4ccc5c(c4)C(C)(C)CCC5(C)C)ccc3c2CC)ccc2cc(C(C)(O)c3ccc4c(c3)C(C)(C)CCC4(C)C)ccc12. The molecule has 6 aromatic carbocycles. The number of benzene rings is 6. The van der Waals surface area contributed by atoms with Gasteiger partial charge in [-0.05, 0) is 175 Å². The van der Waals surface area contributed by atoms with Gasteiger partial charge >= 0.3 is 0 Å². The van der Waals surface area contributed by atoms with Gasteiger partial charge < -0.3 is 10.2 Å². The third-order valence-corrected chi connectivity index (χ3v) is 16.3. The van der Waals surface area contributed by atoms with Crippen LogP contribution in [0.4, 0.5) is 0 Å². The Morgan fingerprint density at radius 2 is 0.763 bits per heavy atom. The predicted molar refractivity (Wildman–Crippen MR) is 252 cm³/mol. The van der Waals surface area contributed by atoms with Crippen LogP contribution in [-0.4, -0.2) is 10.2 Å². The molecule has 0 saturated carbocycles. The number of aliphatic hydroxyl groups is 2. The lowest BCUT2D eigenvalue weighted by molar-refractivity contribution is 0.102. The maximum Gasteiger partial charge on any atom is 0.112 e. The fourth-order valence-electron chi connectivity index (χ4n) is 10.5. The van der Waals surface area contributed by atoms with Crippen molar-refractivity contribution in [2.75, 3.05) is 0 Å². The Kier molecular flexibility index (Phi) is 10.2. The molecule has 2 N–H and O–H groups in total. The molecule has 59 heavy (non-hydrogen) atoms. The van der Waals surface area contributed by atoms with Crippen molar-refractivity contribution in [3.63, 3.8) is 0 Å². The van der Waals surface area contributed by atoms with Gasteiger partial charge in [0.1, 0.15) is 11.2 Å². The number of fused-ring (bicyclic) bond motifs is 4. The Morgan fingerprint density at radius 1 is 0.441 bits per heavy atom. The standard InChI is InChI=1S/C56H66O2S/c1-13-41-43-21-17-37(55(11,57)39-19-23-45-47(33-39)53(7,8)29-27-51(45,3)4)31-35(43)15-25-49(41)59-50-26-16-36-32-38(18-22-44(36)42(50)14-2)56(12,58)40-20-24-46-48(34-40)54(9,10)30-28-52(46,5)6/h15-26,31-34,57-58H,13-14,27-30H2,1-12H3. The van der Waals surface area contributed by atoms with Gasteiger partial charge in [-0.3, -0.25) is 0 Å². The second kappa shape index (κ2) is 14.4. The number of hydrogen-bond acceptors (Lipinski definition) is 3. The third-order valence-electron chi connectivity index (χ3n) is 15.1.